The number of hydrogen-bond acceptors (Lipinski definition) is 2. The van der Waals surface area contributed by atoms with Crippen LogP contribution >= 0.6 is 0 Å². The van der Waals surface area contributed by atoms with Crippen molar-refractivity contribution in [1.82, 2.24) is 5.32 Å². The van der Waals surface area contributed by atoms with Gasteiger partial charge in [-0.25, -0.2) is 0 Å². The highest BCUT2D eigenvalue weighted by atomic mass is 16.5. The van der Waals surface area contributed by atoms with Gasteiger partial charge in [0.1, 0.15) is 5.75 Å². The van der Waals surface area contributed by atoms with Crippen LogP contribution in [0.5, 0.6) is 5.75 Å². The predicted octanol–water partition coefficient (Wildman–Crippen LogP) is 2.79. The molecule has 0 spiro atoms. The zero-order chi connectivity index (χ0) is 13.3. The van der Waals surface area contributed by atoms with E-state index < -0.39 is 0 Å². The first-order valence-electron chi connectivity index (χ1n) is 7.20. The Morgan fingerprint density at radius 2 is 1.84 bits per heavy atom. The molecule has 0 atom stereocenters. The summed E-state index contributed by atoms with van der Waals surface area (Å²) >= 11 is 0. The van der Waals surface area contributed by atoms with Crippen molar-refractivity contribution >= 4 is 5.91 Å². The molecule has 0 aliphatic heterocycles. The molecule has 3 heteroatoms. The maximum atomic E-state index is 12.6. The zero-order valence-corrected chi connectivity index (χ0v) is 11.4. The van der Waals surface area contributed by atoms with Crippen LogP contribution in [0.15, 0.2) is 24.3 Å². The van der Waals surface area contributed by atoms with E-state index in [1.807, 2.05) is 12.1 Å². The number of ether oxygens (including phenoxy) is 1. The van der Waals surface area contributed by atoms with Crippen molar-refractivity contribution in [3.05, 3.63) is 29.8 Å². The number of nitrogens with one attached hydrogen (secondary N) is 1. The van der Waals surface area contributed by atoms with Crippen LogP contribution in [0, 0.1) is 0 Å². The molecule has 0 radical (unpaired) electrons. The van der Waals surface area contributed by atoms with E-state index in [2.05, 4.69) is 17.4 Å². The third-order valence-corrected chi connectivity index (χ3v) is 4.45. The van der Waals surface area contributed by atoms with Crippen molar-refractivity contribution in [2.45, 2.75) is 50.0 Å². The monoisotopic (exact) mass is 259 g/mol. The fourth-order valence-corrected chi connectivity index (χ4v) is 3.09. The SMILES string of the molecule is COc1ccc(C2(C(=O)NC3CC3)CCCC2)cc1. The highest BCUT2D eigenvalue weighted by Gasteiger charge is 2.44. The quantitative estimate of drug-likeness (QED) is 0.903. The summed E-state index contributed by atoms with van der Waals surface area (Å²) in [7, 11) is 1.67. The van der Waals surface area contributed by atoms with Crippen LogP contribution in [0.2, 0.25) is 0 Å². The number of carbonyl (C=O) groups is 1. The fourth-order valence-electron chi connectivity index (χ4n) is 3.09. The van der Waals surface area contributed by atoms with E-state index in [4.69, 9.17) is 4.74 Å². The summed E-state index contributed by atoms with van der Waals surface area (Å²) in [5.41, 5.74) is 0.846. The third kappa shape index (κ3) is 2.34. The Morgan fingerprint density at radius 3 is 2.37 bits per heavy atom. The molecule has 0 bridgehead atoms. The van der Waals surface area contributed by atoms with Gasteiger partial charge in [-0.1, -0.05) is 25.0 Å². The van der Waals surface area contributed by atoms with E-state index >= 15 is 0 Å². The minimum Gasteiger partial charge on any atom is -0.497 e. The van der Waals surface area contributed by atoms with Crippen molar-refractivity contribution < 1.29 is 9.53 Å². The first-order valence-corrected chi connectivity index (χ1v) is 7.20. The van der Waals surface area contributed by atoms with Gasteiger partial charge in [-0.05, 0) is 43.4 Å². The van der Waals surface area contributed by atoms with E-state index in [9.17, 15) is 4.79 Å². The molecule has 0 aromatic heterocycles. The van der Waals surface area contributed by atoms with Crippen molar-refractivity contribution in [3.8, 4) is 5.75 Å². The average Bonchev–Trinajstić information content (AvgIpc) is 3.11. The molecular weight excluding hydrogens is 238 g/mol. The highest BCUT2D eigenvalue weighted by molar-refractivity contribution is 5.89. The number of hydrogen-bond donors (Lipinski definition) is 1. The van der Waals surface area contributed by atoms with Crippen molar-refractivity contribution in [2.24, 2.45) is 0 Å². The normalized spacial score (nSPS) is 21.1. The van der Waals surface area contributed by atoms with Crippen LogP contribution < -0.4 is 10.1 Å². The first kappa shape index (κ1) is 12.5. The van der Waals surface area contributed by atoms with Crippen LogP contribution in [0.25, 0.3) is 0 Å². The molecule has 2 aliphatic carbocycles. The molecule has 0 heterocycles. The molecule has 1 aromatic rings. The lowest BCUT2D eigenvalue weighted by molar-refractivity contribution is -0.126. The second-order valence-electron chi connectivity index (χ2n) is 5.77. The Hall–Kier alpha value is -1.51. The standard InChI is InChI=1S/C16H21NO2/c1-19-14-8-4-12(5-9-14)16(10-2-3-11-16)15(18)17-13-6-7-13/h4-5,8-9,13H,2-3,6-7,10-11H2,1H3,(H,17,18). The van der Waals surface area contributed by atoms with Gasteiger partial charge < -0.3 is 10.1 Å². The van der Waals surface area contributed by atoms with Crippen LogP contribution in [-0.4, -0.2) is 19.1 Å². The van der Waals surface area contributed by atoms with Gasteiger partial charge in [-0.2, -0.15) is 0 Å². The lowest BCUT2D eigenvalue weighted by atomic mass is 9.78. The molecule has 1 N–H and O–H groups in total. The van der Waals surface area contributed by atoms with E-state index in [1.54, 1.807) is 7.11 Å². The fraction of sp³-hybridized carbons (Fsp3) is 0.562. The average molecular weight is 259 g/mol. The van der Waals surface area contributed by atoms with E-state index in [-0.39, 0.29) is 11.3 Å². The number of amides is 1. The van der Waals surface area contributed by atoms with Gasteiger partial charge in [-0.15, -0.1) is 0 Å². The van der Waals surface area contributed by atoms with Gasteiger partial charge in [0.2, 0.25) is 5.91 Å². The van der Waals surface area contributed by atoms with Crippen molar-refractivity contribution in [2.75, 3.05) is 7.11 Å². The maximum absolute atomic E-state index is 12.6. The molecule has 1 amide bonds. The molecular formula is C16H21NO2. The molecule has 2 aliphatic rings. The third-order valence-electron chi connectivity index (χ3n) is 4.45. The molecule has 2 fully saturated rings. The summed E-state index contributed by atoms with van der Waals surface area (Å²) in [5, 5.41) is 3.19. The lowest BCUT2D eigenvalue weighted by Gasteiger charge is -2.28. The number of methoxy groups -OCH3 is 1. The van der Waals surface area contributed by atoms with Crippen LogP contribution in [-0.2, 0) is 10.2 Å². The number of rotatable bonds is 4. The van der Waals surface area contributed by atoms with Crippen molar-refractivity contribution in [1.29, 1.82) is 0 Å². The van der Waals surface area contributed by atoms with Gasteiger partial charge in [0, 0.05) is 6.04 Å². The Morgan fingerprint density at radius 1 is 1.21 bits per heavy atom. The zero-order valence-electron chi connectivity index (χ0n) is 11.4. The maximum Gasteiger partial charge on any atom is 0.230 e. The smallest absolute Gasteiger partial charge is 0.230 e. The minimum atomic E-state index is -0.297. The summed E-state index contributed by atoms with van der Waals surface area (Å²) in [6.07, 6.45) is 6.51. The van der Waals surface area contributed by atoms with Gasteiger partial charge >= 0.3 is 0 Å². The molecule has 19 heavy (non-hydrogen) atoms. The molecule has 0 saturated heterocycles. The molecule has 102 valence electrons. The topological polar surface area (TPSA) is 38.3 Å². The number of benzene rings is 1. The molecule has 2 saturated carbocycles. The van der Waals surface area contributed by atoms with E-state index in [0.29, 0.717) is 6.04 Å². The Balaban J connectivity index is 1.87. The highest BCUT2D eigenvalue weighted by Crippen LogP contribution is 2.42. The summed E-state index contributed by atoms with van der Waals surface area (Å²) in [5.74, 6) is 1.08. The van der Waals surface area contributed by atoms with Crippen LogP contribution in [0.4, 0.5) is 0 Å². The Labute approximate surface area is 114 Å². The van der Waals surface area contributed by atoms with E-state index in [0.717, 1.165) is 49.8 Å². The van der Waals surface area contributed by atoms with Gasteiger partial charge in [0.05, 0.1) is 12.5 Å². The largest absolute Gasteiger partial charge is 0.497 e. The summed E-state index contributed by atoms with van der Waals surface area (Å²) < 4.78 is 5.20. The Bertz CT molecular complexity index is 456. The van der Waals surface area contributed by atoms with Gasteiger partial charge in [0.15, 0.2) is 0 Å². The summed E-state index contributed by atoms with van der Waals surface area (Å²) in [6.45, 7) is 0. The molecule has 1 aromatic carbocycles. The lowest BCUT2D eigenvalue weighted by Crippen LogP contribution is -2.43. The molecule has 0 unspecified atom stereocenters. The minimum absolute atomic E-state index is 0.234. The second kappa shape index (κ2) is 4.87. The van der Waals surface area contributed by atoms with E-state index in [1.165, 1.54) is 0 Å². The second-order valence-corrected chi connectivity index (χ2v) is 5.77. The van der Waals surface area contributed by atoms with Gasteiger partial charge in [-0.3, -0.25) is 4.79 Å². The first-order chi connectivity index (χ1) is 9.24. The van der Waals surface area contributed by atoms with Crippen LogP contribution in [0.3, 0.4) is 0 Å². The summed E-state index contributed by atoms with van der Waals surface area (Å²) in [6, 6.07) is 8.45. The Kier molecular flexibility index (Phi) is 3.21. The molecule has 3 rings (SSSR count). The van der Waals surface area contributed by atoms with Crippen LogP contribution in [0.1, 0.15) is 44.1 Å². The summed E-state index contributed by atoms with van der Waals surface area (Å²) in [4.78, 5) is 12.6. The number of carbonyl (C=O) groups excluding carboxylic acids is 1. The van der Waals surface area contributed by atoms with Crippen molar-refractivity contribution in [3.63, 3.8) is 0 Å². The van der Waals surface area contributed by atoms with Gasteiger partial charge in [0.25, 0.3) is 0 Å². The molecule has 3 nitrogen and oxygen atoms in total. The predicted molar refractivity (Wildman–Crippen MR) is 74.3 cm³/mol.